The molecule has 1 atom stereocenters. The summed E-state index contributed by atoms with van der Waals surface area (Å²) in [5.74, 6) is 0. The van der Waals surface area contributed by atoms with Crippen molar-refractivity contribution in [3.05, 3.63) is 22.4 Å². The average molecular weight is 345 g/mol. The van der Waals surface area contributed by atoms with E-state index < -0.39 is 10.2 Å². The first kappa shape index (κ1) is 16.4. The second kappa shape index (κ2) is 7.40. The minimum Gasteiger partial charge on any atom is -0.379 e. The summed E-state index contributed by atoms with van der Waals surface area (Å²) in [5.41, 5.74) is 0. The van der Waals surface area contributed by atoms with E-state index in [1.807, 2.05) is 0 Å². The van der Waals surface area contributed by atoms with E-state index in [0.29, 0.717) is 32.8 Å². The van der Waals surface area contributed by atoms with Crippen LogP contribution in [0.2, 0.25) is 0 Å². The predicted molar refractivity (Wildman–Crippen MR) is 88.3 cm³/mol. The minimum atomic E-state index is -3.34. The monoisotopic (exact) mass is 344 g/mol. The molecule has 5 nitrogen and oxygen atoms in total. The fourth-order valence-corrected chi connectivity index (χ4v) is 5.83. The Kier molecular flexibility index (Phi) is 5.51. The Labute approximate surface area is 137 Å². The number of hydrogen-bond acceptors (Lipinski definition) is 4. The zero-order valence-electron chi connectivity index (χ0n) is 12.8. The summed E-state index contributed by atoms with van der Waals surface area (Å²) in [5, 5.41) is 2.08. The maximum Gasteiger partial charge on any atom is 0.282 e. The van der Waals surface area contributed by atoms with Crippen LogP contribution < -0.4 is 0 Å². The highest BCUT2D eigenvalue weighted by molar-refractivity contribution is 7.86. The first-order chi connectivity index (χ1) is 10.7. The van der Waals surface area contributed by atoms with Crippen LogP contribution in [0.4, 0.5) is 0 Å². The molecule has 2 fully saturated rings. The predicted octanol–water partition coefficient (Wildman–Crippen LogP) is 2.11. The molecule has 2 saturated heterocycles. The van der Waals surface area contributed by atoms with Gasteiger partial charge in [-0.25, -0.2) is 0 Å². The second-order valence-corrected chi connectivity index (χ2v) is 8.81. The summed E-state index contributed by atoms with van der Waals surface area (Å²) in [6.07, 6.45) is 4.97. The van der Waals surface area contributed by atoms with Gasteiger partial charge in [0.25, 0.3) is 10.2 Å². The first-order valence-electron chi connectivity index (χ1n) is 8.05. The summed E-state index contributed by atoms with van der Waals surface area (Å²) < 4.78 is 34.5. The SMILES string of the molecule is O=S(=O)(N1CCOCC1)N1CCCC[C@H]1CCc1cccs1. The molecule has 22 heavy (non-hydrogen) atoms. The molecule has 124 valence electrons. The number of thiophene rings is 1. The summed E-state index contributed by atoms with van der Waals surface area (Å²) in [6, 6.07) is 4.33. The average Bonchev–Trinajstić information content (AvgIpc) is 3.07. The van der Waals surface area contributed by atoms with E-state index in [1.54, 1.807) is 19.9 Å². The Bertz CT molecular complexity index is 553. The minimum absolute atomic E-state index is 0.142. The van der Waals surface area contributed by atoms with Crippen LogP contribution in [-0.2, 0) is 21.4 Å². The number of rotatable bonds is 5. The smallest absolute Gasteiger partial charge is 0.282 e. The molecular formula is C15H24N2O3S2. The number of nitrogens with zero attached hydrogens (tertiary/aromatic N) is 2. The van der Waals surface area contributed by atoms with Crippen LogP contribution in [0.3, 0.4) is 0 Å². The molecular weight excluding hydrogens is 320 g/mol. The highest BCUT2D eigenvalue weighted by Crippen LogP contribution is 2.27. The number of ether oxygens (including phenoxy) is 1. The van der Waals surface area contributed by atoms with Gasteiger partial charge < -0.3 is 4.74 Å². The maximum atomic E-state index is 12.9. The molecule has 1 aromatic rings. The molecule has 0 spiro atoms. The molecule has 2 aliphatic heterocycles. The van der Waals surface area contributed by atoms with Crippen molar-refractivity contribution in [2.75, 3.05) is 32.8 Å². The van der Waals surface area contributed by atoms with Crippen molar-refractivity contribution in [3.63, 3.8) is 0 Å². The lowest BCUT2D eigenvalue weighted by Gasteiger charge is -2.39. The van der Waals surface area contributed by atoms with Gasteiger partial charge in [-0.1, -0.05) is 12.5 Å². The second-order valence-electron chi connectivity index (χ2n) is 5.90. The summed E-state index contributed by atoms with van der Waals surface area (Å²) in [6.45, 7) is 2.64. The fraction of sp³-hybridized carbons (Fsp3) is 0.733. The van der Waals surface area contributed by atoms with Gasteiger partial charge in [0.2, 0.25) is 0 Å². The lowest BCUT2D eigenvalue weighted by Crippen LogP contribution is -2.53. The Morgan fingerprint density at radius 1 is 1.23 bits per heavy atom. The van der Waals surface area contributed by atoms with Crippen LogP contribution in [0.15, 0.2) is 17.5 Å². The van der Waals surface area contributed by atoms with Gasteiger partial charge in [-0.2, -0.15) is 17.0 Å². The molecule has 7 heteroatoms. The van der Waals surface area contributed by atoms with E-state index in [2.05, 4.69) is 17.5 Å². The third-order valence-corrected chi connectivity index (χ3v) is 7.50. The van der Waals surface area contributed by atoms with E-state index in [9.17, 15) is 8.42 Å². The van der Waals surface area contributed by atoms with Crippen molar-refractivity contribution >= 4 is 21.5 Å². The van der Waals surface area contributed by atoms with E-state index in [-0.39, 0.29) is 6.04 Å². The highest BCUT2D eigenvalue weighted by atomic mass is 32.2. The zero-order valence-corrected chi connectivity index (χ0v) is 14.4. The normalized spacial score (nSPS) is 25.4. The van der Waals surface area contributed by atoms with Gasteiger partial charge in [0.05, 0.1) is 13.2 Å². The summed E-state index contributed by atoms with van der Waals surface area (Å²) in [7, 11) is -3.34. The molecule has 1 aromatic heterocycles. The van der Waals surface area contributed by atoms with Gasteiger partial charge in [0.1, 0.15) is 0 Å². The molecule has 0 amide bonds. The molecule has 0 aromatic carbocycles. The van der Waals surface area contributed by atoms with Crippen LogP contribution in [-0.4, -0.2) is 55.9 Å². The van der Waals surface area contributed by atoms with E-state index in [0.717, 1.165) is 32.1 Å². The number of hydrogen-bond donors (Lipinski definition) is 0. The summed E-state index contributed by atoms with van der Waals surface area (Å²) in [4.78, 5) is 1.34. The van der Waals surface area contributed by atoms with Crippen molar-refractivity contribution in [2.24, 2.45) is 0 Å². The van der Waals surface area contributed by atoms with Crippen LogP contribution >= 0.6 is 11.3 Å². The topological polar surface area (TPSA) is 49.9 Å². The quantitative estimate of drug-likeness (QED) is 0.822. The van der Waals surface area contributed by atoms with E-state index in [1.165, 1.54) is 4.88 Å². The van der Waals surface area contributed by atoms with Crippen molar-refractivity contribution in [2.45, 2.75) is 38.1 Å². The Balaban J connectivity index is 1.68. The van der Waals surface area contributed by atoms with Crippen LogP contribution in [0, 0.1) is 0 Å². The molecule has 0 bridgehead atoms. The van der Waals surface area contributed by atoms with E-state index in [4.69, 9.17) is 4.74 Å². The van der Waals surface area contributed by atoms with Gasteiger partial charge in [-0.05, 0) is 37.1 Å². The van der Waals surface area contributed by atoms with Crippen molar-refractivity contribution < 1.29 is 13.2 Å². The van der Waals surface area contributed by atoms with Crippen molar-refractivity contribution in [3.8, 4) is 0 Å². The Morgan fingerprint density at radius 3 is 2.77 bits per heavy atom. The van der Waals surface area contributed by atoms with Gasteiger partial charge >= 0.3 is 0 Å². The lowest BCUT2D eigenvalue weighted by molar-refractivity contribution is 0.0680. The Hall–Kier alpha value is -0.470. The molecule has 3 heterocycles. The van der Waals surface area contributed by atoms with Crippen LogP contribution in [0.5, 0.6) is 0 Å². The summed E-state index contributed by atoms with van der Waals surface area (Å²) >= 11 is 1.75. The molecule has 0 radical (unpaired) electrons. The molecule has 0 saturated carbocycles. The zero-order chi connectivity index (χ0) is 15.4. The molecule has 0 unspecified atom stereocenters. The lowest BCUT2D eigenvalue weighted by atomic mass is 10.0. The van der Waals surface area contributed by atoms with Gasteiger partial charge in [-0.15, -0.1) is 11.3 Å². The Morgan fingerprint density at radius 2 is 2.05 bits per heavy atom. The standard InChI is InChI=1S/C15H24N2O3S2/c18-22(19,16-9-11-20-12-10-16)17-8-2-1-4-14(17)6-7-15-5-3-13-21-15/h3,5,13-14H,1-2,4,6-12H2/t14-/m0/s1. The highest BCUT2D eigenvalue weighted by Gasteiger charge is 2.36. The van der Waals surface area contributed by atoms with E-state index >= 15 is 0 Å². The van der Waals surface area contributed by atoms with Gasteiger partial charge in [-0.3, -0.25) is 0 Å². The van der Waals surface area contributed by atoms with Crippen molar-refractivity contribution in [1.82, 2.24) is 8.61 Å². The molecule has 2 aliphatic rings. The number of aryl methyl sites for hydroxylation is 1. The maximum absolute atomic E-state index is 12.9. The fourth-order valence-electron chi connectivity index (χ4n) is 3.26. The molecule has 0 N–H and O–H groups in total. The van der Waals surface area contributed by atoms with Crippen LogP contribution in [0.1, 0.15) is 30.6 Å². The largest absolute Gasteiger partial charge is 0.379 e. The number of morpholine rings is 1. The third-order valence-electron chi connectivity index (χ3n) is 4.47. The third kappa shape index (κ3) is 3.71. The molecule has 0 aliphatic carbocycles. The van der Waals surface area contributed by atoms with Crippen molar-refractivity contribution in [1.29, 1.82) is 0 Å². The first-order valence-corrected chi connectivity index (χ1v) is 10.3. The van der Waals surface area contributed by atoms with Gasteiger partial charge in [0, 0.05) is 30.6 Å². The van der Waals surface area contributed by atoms with Crippen LogP contribution in [0.25, 0.3) is 0 Å². The number of piperidine rings is 1. The van der Waals surface area contributed by atoms with Gasteiger partial charge in [0.15, 0.2) is 0 Å². The molecule has 3 rings (SSSR count).